The highest BCUT2D eigenvalue weighted by Gasteiger charge is 2.30. The van der Waals surface area contributed by atoms with Gasteiger partial charge in [0.1, 0.15) is 5.54 Å². The molecule has 0 saturated carbocycles. The summed E-state index contributed by atoms with van der Waals surface area (Å²) in [5.74, 6) is 0.0164. The quantitative estimate of drug-likeness (QED) is 0.925. The SMILES string of the molecule is CC(C)[C@@](C)(C#N)NC(=O)CN1CCc2sccc2C1. The lowest BCUT2D eigenvalue weighted by atomic mass is 9.90. The molecule has 1 aromatic heterocycles. The Balaban J connectivity index is 1.92. The summed E-state index contributed by atoms with van der Waals surface area (Å²) in [5.41, 5.74) is 0.543. The van der Waals surface area contributed by atoms with Crippen molar-refractivity contribution >= 4 is 17.2 Å². The average molecular weight is 291 g/mol. The summed E-state index contributed by atoms with van der Waals surface area (Å²) >= 11 is 1.79. The Morgan fingerprint density at radius 2 is 2.40 bits per heavy atom. The molecule has 0 saturated heterocycles. The standard InChI is InChI=1S/C15H21N3OS/c1-11(2)15(3,10-16)17-14(19)9-18-6-4-13-12(8-18)5-7-20-13/h5,7,11H,4,6,8-9H2,1-3H3,(H,17,19)/t15-/m1/s1. The van der Waals surface area contributed by atoms with Crippen LogP contribution in [0, 0.1) is 17.2 Å². The van der Waals surface area contributed by atoms with Crippen LogP contribution in [-0.4, -0.2) is 29.4 Å². The number of rotatable bonds is 4. The number of amides is 1. The van der Waals surface area contributed by atoms with Gasteiger partial charge in [0.25, 0.3) is 0 Å². The van der Waals surface area contributed by atoms with Gasteiger partial charge in [-0.15, -0.1) is 11.3 Å². The molecule has 0 aliphatic carbocycles. The van der Waals surface area contributed by atoms with Crippen LogP contribution in [0.25, 0.3) is 0 Å². The van der Waals surface area contributed by atoms with E-state index in [9.17, 15) is 10.1 Å². The lowest BCUT2D eigenvalue weighted by Crippen LogP contribution is -2.52. The summed E-state index contributed by atoms with van der Waals surface area (Å²) in [6.07, 6.45) is 1.01. The van der Waals surface area contributed by atoms with Crippen molar-refractivity contribution in [1.82, 2.24) is 10.2 Å². The number of nitrogens with one attached hydrogen (secondary N) is 1. The van der Waals surface area contributed by atoms with Crippen LogP contribution in [0.4, 0.5) is 0 Å². The monoisotopic (exact) mass is 291 g/mol. The minimum Gasteiger partial charge on any atom is -0.337 e. The first-order chi connectivity index (χ1) is 9.44. The van der Waals surface area contributed by atoms with Crippen LogP contribution in [0.5, 0.6) is 0 Å². The van der Waals surface area contributed by atoms with Gasteiger partial charge in [0.05, 0.1) is 12.6 Å². The molecule has 0 radical (unpaired) electrons. The summed E-state index contributed by atoms with van der Waals surface area (Å²) in [4.78, 5) is 15.7. The van der Waals surface area contributed by atoms with Crippen molar-refractivity contribution in [3.63, 3.8) is 0 Å². The second kappa shape index (κ2) is 5.94. The van der Waals surface area contributed by atoms with E-state index in [2.05, 4.69) is 27.7 Å². The van der Waals surface area contributed by atoms with Crippen LogP contribution >= 0.6 is 11.3 Å². The fraction of sp³-hybridized carbons (Fsp3) is 0.600. The molecule has 2 rings (SSSR count). The Kier molecular flexibility index (Phi) is 4.46. The minimum atomic E-state index is -0.791. The lowest BCUT2D eigenvalue weighted by Gasteiger charge is -2.30. The van der Waals surface area contributed by atoms with E-state index in [0.29, 0.717) is 6.54 Å². The first kappa shape index (κ1) is 15.0. The molecule has 1 atom stereocenters. The molecule has 0 bridgehead atoms. The molecule has 1 N–H and O–H groups in total. The highest BCUT2D eigenvalue weighted by atomic mass is 32.1. The molecule has 20 heavy (non-hydrogen) atoms. The molecule has 0 fully saturated rings. The number of hydrogen-bond acceptors (Lipinski definition) is 4. The minimum absolute atomic E-state index is 0.0681. The Bertz CT molecular complexity index is 531. The van der Waals surface area contributed by atoms with Crippen LogP contribution in [0.3, 0.4) is 0 Å². The maximum Gasteiger partial charge on any atom is 0.235 e. The van der Waals surface area contributed by atoms with Crippen LogP contribution in [-0.2, 0) is 17.8 Å². The summed E-state index contributed by atoms with van der Waals surface area (Å²) in [6.45, 7) is 7.77. The van der Waals surface area contributed by atoms with Gasteiger partial charge >= 0.3 is 0 Å². The number of fused-ring (bicyclic) bond motifs is 1. The molecule has 0 aromatic carbocycles. The van der Waals surface area contributed by atoms with Crippen LogP contribution in [0.1, 0.15) is 31.2 Å². The van der Waals surface area contributed by atoms with Gasteiger partial charge in [-0.05, 0) is 36.3 Å². The van der Waals surface area contributed by atoms with Crippen LogP contribution in [0.15, 0.2) is 11.4 Å². The Morgan fingerprint density at radius 3 is 3.05 bits per heavy atom. The fourth-order valence-corrected chi connectivity index (χ4v) is 3.17. The van der Waals surface area contributed by atoms with Crippen molar-refractivity contribution in [1.29, 1.82) is 5.26 Å². The predicted octanol–water partition coefficient (Wildman–Crippen LogP) is 2.16. The van der Waals surface area contributed by atoms with Gasteiger partial charge in [0.2, 0.25) is 5.91 Å². The van der Waals surface area contributed by atoms with E-state index >= 15 is 0 Å². The van der Waals surface area contributed by atoms with E-state index in [4.69, 9.17) is 0 Å². The van der Waals surface area contributed by atoms with Crippen LogP contribution in [0.2, 0.25) is 0 Å². The number of carbonyl (C=O) groups excluding carboxylic acids is 1. The van der Waals surface area contributed by atoms with E-state index in [1.807, 2.05) is 13.8 Å². The molecule has 5 heteroatoms. The van der Waals surface area contributed by atoms with E-state index in [-0.39, 0.29) is 11.8 Å². The number of carbonyl (C=O) groups is 1. The number of hydrogen-bond donors (Lipinski definition) is 1. The normalized spacial score (nSPS) is 18.1. The maximum atomic E-state index is 12.1. The predicted molar refractivity (Wildman–Crippen MR) is 80.3 cm³/mol. The third kappa shape index (κ3) is 3.20. The summed E-state index contributed by atoms with van der Waals surface area (Å²) in [6, 6.07) is 4.35. The zero-order valence-corrected chi connectivity index (χ0v) is 13.1. The topological polar surface area (TPSA) is 56.1 Å². The van der Waals surface area contributed by atoms with Gasteiger partial charge in [-0.1, -0.05) is 13.8 Å². The second-order valence-corrected chi connectivity index (χ2v) is 6.85. The highest BCUT2D eigenvalue weighted by Crippen LogP contribution is 2.23. The lowest BCUT2D eigenvalue weighted by molar-refractivity contribution is -0.124. The smallest absolute Gasteiger partial charge is 0.235 e. The van der Waals surface area contributed by atoms with Crippen molar-refractivity contribution < 1.29 is 4.79 Å². The van der Waals surface area contributed by atoms with Gasteiger partial charge in [-0.25, -0.2) is 0 Å². The summed E-state index contributed by atoms with van der Waals surface area (Å²) in [7, 11) is 0. The molecule has 0 spiro atoms. The second-order valence-electron chi connectivity index (χ2n) is 5.85. The average Bonchev–Trinajstić information content (AvgIpc) is 2.85. The van der Waals surface area contributed by atoms with Crippen molar-refractivity contribution in [2.75, 3.05) is 13.1 Å². The first-order valence-electron chi connectivity index (χ1n) is 6.94. The molecule has 108 valence electrons. The number of nitrogens with zero attached hydrogens (tertiary/aromatic N) is 2. The van der Waals surface area contributed by atoms with E-state index in [0.717, 1.165) is 19.5 Å². The fourth-order valence-electron chi connectivity index (χ4n) is 2.28. The van der Waals surface area contributed by atoms with Gasteiger partial charge < -0.3 is 5.32 Å². The first-order valence-corrected chi connectivity index (χ1v) is 7.82. The number of nitriles is 1. The van der Waals surface area contributed by atoms with Crippen LogP contribution < -0.4 is 5.32 Å². The summed E-state index contributed by atoms with van der Waals surface area (Å²) < 4.78 is 0. The molecular weight excluding hydrogens is 270 g/mol. The van der Waals surface area contributed by atoms with Gasteiger partial charge in [-0.3, -0.25) is 9.69 Å². The molecule has 2 heterocycles. The largest absolute Gasteiger partial charge is 0.337 e. The molecule has 1 aliphatic heterocycles. The van der Waals surface area contributed by atoms with E-state index in [1.165, 1.54) is 10.4 Å². The molecule has 1 amide bonds. The Hall–Kier alpha value is -1.38. The van der Waals surface area contributed by atoms with Gasteiger partial charge in [0.15, 0.2) is 0 Å². The maximum absolute atomic E-state index is 12.1. The zero-order valence-electron chi connectivity index (χ0n) is 12.3. The Labute approximate surface area is 124 Å². The zero-order chi connectivity index (χ0) is 14.8. The van der Waals surface area contributed by atoms with Crippen molar-refractivity contribution in [3.05, 3.63) is 21.9 Å². The Morgan fingerprint density at radius 1 is 1.65 bits per heavy atom. The van der Waals surface area contributed by atoms with Crippen molar-refractivity contribution in [2.24, 2.45) is 5.92 Å². The molecule has 0 unspecified atom stereocenters. The molecule has 1 aliphatic rings. The van der Waals surface area contributed by atoms with Crippen molar-refractivity contribution in [3.8, 4) is 6.07 Å². The molecule has 4 nitrogen and oxygen atoms in total. The molecular formula is C15H21N3OS. The third-order valence-corrected chi connectivity index (χ3v) is 5.06. The molecule has 1 aromatic rings. The van der Waals surface area contributed by atoms with Crippen molar-refractivity contribution in [2.45, 2.75) is 39.3 Å². The van der Waals surface area contributed by atoms with E-state index in [1.54, 1.807) is 18.3 Å². The highest BCUT2D eigenvalue weighted by molar-refractivity contribution is 7.10. The number of thiophene rings is 1. The summed E-state index contributed by atoms with van der Waals surface area (Å²) in [5, 5.41) is 14.2. The third-order valence-electron chi connectivity index (χ3n) is 4.04. The van der Waals surface area contributed by atoms with E-state index < -0.39 is 5.54 Å². The van der Waals surface area contributed by atoms with Gasteiger partial charge in [0, 0.05) is 18.0 Å². The van der Waals surface area contributed by atoms with Gasteiger partial charge in [-0.2, -0.15) is 5.26 Å².